The van der Waals surface area contributed by atoms with Gasteiger partial charge in [-0.2, -0.15) is 0 Å². The lowest BCUT2D eigenvalue weighted by molar-refractivity contribution is -0.132. The predicted molar refractivity (Wildman–Crippen MR) is 80.5 cm³/mol. The summed E-state index contributed by atoms with van der Waals surface area (Å²) < 4.78 is 47.5. The minimum atomic E-state index is -3.53. The summed E-state index contributed by atoms with van der Waals surface area (Å²) in [4.78, 5) is 11.5. The van der Waals surface area contributed by atoms with Crippen LogP contribution in [0.1, 0.15) is 39.5 Å². The van der Waals surface area contributed by atoms with Crippen LogP contribution in [-0.4, -0.2) is 51.0 Å². The predicted octanol–water partition coefficient (Wildman–Crippen LogP) is 0.538. The largest absolute Gasteiger partial charge is 0.289 e. The Balaban J connectivity index is 4.94. The maximum atomic E-state index is 11.9. The molecular formula is C12H25NO6S2. The van der Waals surface area contributed by atoms with E-state index in [2.05, 4.69) is 0 Å². The Morgan fingerprint density at radius 1 is 0.952 bits per heavy atom. The van der Waals surface area contributed by atoms with Crippen molar-refractivity contribution in [3.63, 3.8) is 0 Å². The van der Waals surface area contributed by atoms with Crippen LogP contribution >= 0.6 is 0 Å². The molecule has 1 amide bonds. The minimum absolute atomic E-state index is 0.0896. The van der Waals surface area contributed by atoms with Gasteiger partial charge in [0, 0.05) is 0 Å². The number of carbonyl (C=O) groups excluding carboxylic acids is 1. The van der Waals surface area contributed by atoms with E-state index in [0.29, 0.717) is 25.7 Å². The molecule has 7 nitrogen and oxygen atoms in total. The van der Waals surface area contributed by atoms with Gasteiger partial charge in [0.2, 0.25) is 5.91 Å². The molecule has 0 saturated heterocycles. The lowest BCUT2D eigenvalue weighted by atomic mass is 10.2. The monoisotopic (exact) mass is 343 g/mol. The van der Waals surface area contributed by atoms with Gasteiger partial charge in [0.1, 0.15) is 0 Å². The van der Waals surface area contributed by atoms with Crippen molar-refractivity contribution in [2.75, 3.05) is 23.0 Å². The van der Waals surface area contributed by atoms with Gasteiger partial charge in [-0.05, 0) is 12.8 Å². The molecule has 0 aliphatic heterocycles. The van der Waals surface area contributed by atoms with Crippen molar-refractivity contribution in [1.82, 2.24) is 5.48 Å². The second kappa shape index (κ2) is 9.37. The Morgan fingerprint density at radius 2 is 1.33 bits per heavy atom. The summed E-state index contributed by atoms with van der Waals surface area (Å²) in [5.41, 5.74) is 1.35. The number of amides is 1. The number of carbonyl (C=O) groups is 1. The minimum Gasteiger partial charge on any atom is -0.289 e. The zero-order chi connectivity index (χ0) is 16.5. The second-order valence-electron chi connectivity index (χ2n) is 5.11. The van der Waals surface area contributed by atoms with Crippen LogP contribution in [0.3, 0.4) is 0 Å². The Hall–Kier alpha value is -0.670. The highest BCUT2D eigenvalue weighted by molar-refractivity contribution is 7.92. The normalized spacial score (nSPS) is 12.6. The van der Waals surface area contributed by atoms with Gasteiger partial charge in [0.05, 0.1) is 28.9 Å². The van der Waals surface area contributed by atoms with Gasteiger partial charge in [-0.3, -0.25) is 10.0 Å². The summed E-state index contributed by atoms with van der Waals surface area (Å²) in [5, 5.41) is 8.66. The number of hydrogen-bond donors (Lipinski definition) is 2. The lowest BCUT2D eigenvalue weighted by Gasteiger charge is -2.15. The summed E-state index contributed by atoms with van der Waals surface area (Å²) in [6.45, 7) is 3.67. The quantitative estimate of drug-likeness (QED) is 0.417. The molecule has 2 N–H and O–H groups in total. The fourth-order valence-corrected chi connectivity index (χ4v) is 5.50. The molecule has 0 heterocycles. The summed E-state index contributed by atoms with van der Waals surface area (Å²) in [7, 11) is -7.05. The topological polar surface area (TPSA) is 118 Å². The third kappa shape index (κ3) is 9.05. The van der Waals surface area contributed by atoms with Gasteiger partial charge in [-0.25, -0.2) is 22.3 Å². The Bertz CT molecular complexity index is 472. The molecule has 0 spiro atoms. The van der Waals surface area contributed by atoms with Crippen molar-refractivity contribution in [2.24, 2.45) is 5.92 Å². The molecule has 0 aliphatic carbocycles. The fourth-order valence-electron chi connectivity index (χ4n) is 1.80. The third-order valence-corrected chi connectivity index (χ3v) is 6.65. The van der Waals surface area contributed by atoms with Crippen LogP contribution in [0.5, 0.6) is 0 Å². The van der Waals surface area contributed by atoms with E-state index in [0.717, 1.165) is 0 Å². The average Bonchev–Trinajstić information content (AvgIpc) is 2.41. The van der Waals surface area contributed by atoms with Crippen molar-refractivity contribution < 1.29 is 26.8 Å². The average molecular weight is 343 g/mol. The summed E-state index contributed by atoms with van der Waals surface area (Å²) in [6, 6.07) is 0. The third-order valence-electron chi connectivity index (χ3n) is 3.01. The van der Waals surface area contributed by atoms with Crippen LogP contribution in [0.4, 0.5) is 0 Å². The standard InChI is InChI=1S/C12H25NO6S2/c1-3-5-7-20(16,17)9-11(12(14)13-15)10-21(18,19)8-6-4-2/h11,15H,3-10H2,1-2H3,(H,13,14). The SMILES string of the molecule is CCCCS(=O)(=O)CC(CS(=O)(=O)CCCC)C(=O)NO. The molecule has 0 aromatic rings. The molecule has 0 atom stereocenters. The summed E-state index contributed by atoms with van der Waals surface area (Å²) >= 11 is 0. The van der Waals surface area contributed by atoms with Crippen LogP contribution in [-0.2, 0) is 24.5 Å². The first-order valence-electron chi connectivity index (χ1n) is 7.02. The van der Waals surface area contributed by atoms with Crippen LogP contribution < -0.4 is 5.48 Å². The van der Waals surface area contributed by atoms with Gasteiger partial charge in [0.15, 0.2) is 19.7 Å². The summed E-state index contributed by atoms with van der Waals surface area (Å²) in [6.07, 6.45) is 2.28. The molecular weight excluding hydrogens is 318 g/mol. The molecule has 0 aromatic carbocycles. The Kier molecular flexibility index (Phi) is 9.07. The number of hydrogen-bond acceptors (Lipinski definition) is 6. The molecule has 0 saturated carbocycles. The van der Waals surface area contributed by atoms with Gasteiger partial charge < -0.3 is 0 Å². The van der Waals surface area contributed by atoms with Crippen LogP contribution in [0.2, 0.25) is 0 Å². The van der Waals surface area contributed by atoms with Crippen molar-refractivity contribution in [3.8, 4) is 0 Å². The number of sulfone groups is 2. The van der Waals surface area contributed by atoms with E-state index in [4.69, 9.17) is 5.21 Å². The van der Waals surface area contributed by atoms with Crippen LogP contribution in [0, 0.1) is 5.92 Å². The Labute approximate surface area is 126 Å². The van der Waals surface area contributed by atoms with Gasteiger partial charge >= 0.3 is 0 Å². The first-order valence-corrected chi connectivity index (χ1v) is 10.7. The molecule has 0 aliphatic rings. The number of hydroxylamine groups is 1. The van der Waals surface area contributed by atoms with Crippen molar-refractivity contribution in [2.45, 2.75) is 39.5 Å². The molecule has 9 heteroatoms. The van der Waals surface area contributed by atoms with E-state index in [1.165, 1.54) is 5.48 Å². The van der Waals surface area contributed by atoms with E-state index < -0.39 is 43.0 Å². The molecule has 0 fully saturated rings. The lowest BCUT2D eigenvalue weighted by Crippen LogP contribution is -2.38. The highest BCUT2D eigenvalue weighted by atomic mass is 32.2. The Morgan fingerprint density at radius 3 is 1.62 bits per heavy atom. The van der Waals surface area contributed by atoms with E-state index >= 15 is 0 Å². The smallest absolute Gasteiger partial charge is 0.248 e. The van der Waals surface area contributed by atoms with Crippen LogP contribution in [0.15, 0.2) is 0 Å². The molecule has 0 aromatic heterocycles. The molecule has 21 heavy (non-hydrogen) atoms. The first kappa shape index (κ1) is 20.3. The molecule has 126 valence electrons. The van der Waals surface area contributed by atoms with E-state index in [9.17, 15) is 21.6 Å². The maximum Gasteiger partial charge on any atom is 0.248 e. The maximum absolute atomic E-state index is 11.9. The zero-order valence-electron chi connectivity index (χ0n) is 12.5. The molecule has 0 radical (unpaired) electrons. The van der Waals surface area contributed by atoms with Crippen molar-refractivity contribution in [1.29, 1.82) is 0 Å². The molecule has 0 bridgehead atoms. The highest BCUT2D eigenvalue weighted by Gasteiger charge is 2.29. The first-order chi connectivity index (χ1) is 9.67. The van der Waals surface area contributed by atoms with Gasteiger partial charge in [-0.1, -0.05) is 26.7 Å². The summed E-state index contributed by atoms with van der Waals surface area (Å²) in [5.74, 6) is -3.56. The number of rotatable bonds is 11. The van der Waals surface area contributed by atoms with E-state index in [1.807, 2.05) is 13.8 Å². The van der Waals surface area contributed by atoms with Crippen molar-refractivity contribution >= 4 is 25.6 Å². The second-order valence-corrected chi connectivity index (χ2v) is 9.57. The fraction of sp³-hybridized carbons (Fsp3) is 0.917. The van der Waals surface area contributed by atoms with E-state index in [-0.39, 0.29) is 11.5 Å². The molecule has 0 rings (SSSR count). The number of unbranched alkanes of at least 4 members (excludes halogenated alkanes) is 2. The van der Waals surface area contributed by atoms with Crippen molar-refractivity contribution in [3.05, 3.63) is 0 Å². The van der Waals surface area contributed by atoms with E-state index in [1.54, 1.807) is 0 Å². The van der Waals surface area contributed by atoms with Crippen LogP contribution in [0.25, 0.3) is 0 Å². The molecule has 0 unspecified atom stereocenters. The number of nitrogens with one attached hydrogen (secondary N) is 1. The highest BCUT2D eigenvalue weighted by Crippen LogP contribution is 2.11. The van der Waals surface area contributed by atoms with Gasteiger partial charge in [-0.15, -0.1) is 0 Å². The zero-order valence-corrected chi connectivity index (χ0v) is 14.2. The van der Waals surface area contributed by atoms with Gasteiger partial charge in [0.25, 0.3) is 0 Å².